The number of rotatable bonds is 7. The number of nitrogens with one attached hydrogen (secondary N) is 2. The van der Waals surface area contributed by atoms with Crippen molar-refractivity contribution in [1.82, 2.24) is 25.4 Å². The molecule has 170 valence electrons. The lowest BCUT2D eigenvalue weighted by Gasteiger charge is -2.29. The molecule has 1 atom stereocenters. The van der Waals surface area contributed by atoms with Crippen LogP contribution in [-0.2, 0) is 9.53 Å². The summed E-state index contributed by atoms with van der Waals surface area (Å²) >= 11 is 7.39. The first-order chi connectivity index (χ1) is 16.0. The number of esters is 1. The van der Waals surface area contributed by atoms with Gasteiger partial charge in [-0.1, -0.05) is 53.7 Å². The highest BCUT2D eigenvalue weighted by atomic mass is 35.5. The first-order valence-electron chi connectivity index (χ1n) is 10.3. The molecule has 0 saturated carbocycles. The molecule has 8 nitrogen and oxygen atoms in total. The number of aromatic nitrogens is 3. The molecule has 0 saturated heterocycles. The van der Waals surface area contributed by atoms with Crippen molar-refractivity contribution in [3.63, 3.8) is 0 Å². The van der Waals surface area contributed by atoms with Gasteiger partial charge in [0.05, 0.1) is 18.2 Å². The van der Waals surface area contributed by atoms with Crippen molar-refractivity contribution >= 4 is 35.4 Å². The van der Waals surface area contributed by atoms with Crippen LogP contribution in [0.4, 0.5) is 4.79 Å². The Labute approximate surface area is 200 Å². The van der Waals surface area contributed by atoms with Gasteiger partial charge in [0.25, 0.3) is 0 Å². The Balaban J connectivity index is 1.69. The van der Waals surface area contributed by atoms with E-state index in [-0.39, 0.29) is 12.4 Å². The van der Waals surface area contributed by atoms with Crippen molar-refractivity contribution < 1.29 is 14.3 Å². The van der Waals surface area contributed by atoms with Gasteiger partial charge in [-0.25, -0.2) is 9.59 Å². The van der Waals surface area contributed by atoms with E-state index in [1.54, 1.807) is 31.2 Å². The number of amides is 2. The van der Waals surface area contributed by atoms with Crippen LogP contribution in [0.3, 0.4) is 0 Å². The number of carbonyl (C=O) groups is 2. The Morgan fingerprint density at radius 3 is 2.58 bits per heavy atom. The van der Waals surface area contributed by atoms with Crippen LogP contribution in [0.1, 0.15) is 24.4 Å². The summed E-state index contributed by atoms with van der Waals surface area (Å²) in [6.45, 7) is 3.83. The van der Waals surface area contributed by atoms with Gasteiger partial charge >= 0.3 is 12.0 Å². The molecule has 10 heteroatoms. The summed E-state index contributed by atoms with van der Waals surface area (Å²) in [4.78, 5) is 25.4. The topological polar surface area (TPSA) is 98.1 Å². The highest BCUT2D eigenvalue weighted by molar-refractivity contribution is 7.99. The van der Waals surface area contributed by atoms with Crippen molar-refractivity contribution in [3.05, 3.63) is 82.3 Å². The second kappa shape index (κ2) is 10.1. The van der Waals surface area contributed by atoms with Gasteiger partial charge in [0, 0.05) is 22.2 Å². The number of halogens is 1. The van der Waals surface area contributed by atoms with E-state index in [1.807, 2.05) is 41.8 Å². The Morgan fingerprint density at radius 1 is 1.15 bits per heavy atom. The minimum absolute atomic E-state index is 0.214. The van der Waals surface area contributed by atoms with Gasteiger partial charge in [0.15, 0.2) is 5.16 Å². The maximum absolute atomic E-state index is 12.9. The monoisotopic (exact) mass is 483 g/mol. The number of aryl methyl sites for hydroxylation is 1. The molecular formula is C23H22ClN5O3S. The molecule has 2 aromatic carbocycles. The molecule has 2 N–H and O–H groups in total. The fourth-order valence-electron chi connectivity index (χ4n) is 3.53. The van der Waals surface area contributed by atoms with Crippen molar-refractivity contribution in [1.29, 1.82) is 0 Å². The zero-order valence-corrected chi connectivity index (χ0v) is 19.6. The molecular weight excluding hydrogens is 462 g/mol. The van der Waals surface area contributed by atoms with E-state index in [1.165, 1.54) is 11.8 Å². The first kappa shape index (κ1) is 22.9. The van der Waals surface area contributed by atoms with E-state index in [0.29, 0.717) is 21.4 Å². The zero-order valence-electron chi connectivity index (χ0n) is 18.0. The largest absolute Gasteiger partial charge is 0.463 e. The first-order valence-corrected chi connectivity index (χ1v) is 11.7. The third kappa shape index (κ3) is 5.04. The maximum Gasteiger partial charge on any atom is 0.338 e. The average Bonchev–Trinajstić information content (AvgIpc) is 3.18. The molecule has 1 aliphatic rings. The summed E-state index contributed by atoms with van der Waals surface area (Å²) in [7, 11) is 0. The van der Waals surface area contributed by atoms with Gasteiger partial charge in [-0.2, -0.15) is 0 Å². The number of hydrogen-bond acceptors (Lipinski definition) is 6. The zero-order chi connectivity index (χ0) is 23.4. The second-order valence-corrected chi connectivity index (χ2v) is 8.56. The molecule has 3 aromatic rings. The number of urea groups is 1. The molecule has 4 rings (SSSR count). The van der Waals surface area contributed by atoms with Gasteiger partial charge in [-0.15, -0.1) is 10.2 Å². The molecule has 0 radical (unpaired) electrons. The van der Waals surface area contributed by atoms with Crippen molar-refractivity contribution in [2.75, 3.05) is 12.4 Å². The van der Waals surface area contributed by atoms with Gasteiger partial charge in [-0.3, -0.25) is 4.57 Å². The van der Waals surface area contributed by atoms with Gasteiger partial charge in [-0.05, 0) is 43.7 Å². The summed E-state index contributed by atoms with van der Waals surface area (Å²) in [5.41, 5.74) is 2.45. The molecule has 1 unspecified atom stereocenters. The number of nitrogens with zero attached hydrogens (tertiary/aromatic N) is 3. The van der Waals surface area contributed by atoms with Crippen LogP contribution in [-0.4, -0.2) is 39.1 Å². The van der Waals surface area contributed by atoms with Crippen molar-refractivity contribution in [3.8, 4) is 5.69 Å². The van der Waals surface area contributed by atoms with E-state index in [4.69, 9.17) is 16.3 Å². The van der Waals surface area contributed by atoms with Gasteiger partial charge in [0.2, 0.25) is 0 Å². The van der Waals surface area contributed by atoms with Crippen LogP contribution in [0.25, 0.3) is 5.69 Å². The lowest BCUT2D eigenvalue weighted by atomic mass is 9.95. The molecule has 1 aliphatic heterocycles. The van der Waals surface area contributed by atoms with Gasteiger partial charge < -0.3 is 15.4 Å². The SMILES string of the molecule is CCOC(=O)C1=C(CSc2nnc(C)n2-c2ccccc2)NC(=O)NC1c1ccc(Cl)cc1. The van der Waals surface area contributed by atoms with E-state index in [0.717, 1.165) is 17.1 Å². The number of benzene rings is 2. The quantitative estimate of drug-likeness (QED) is 0.386. The fraction of sp³-hybridized carbons (Fsp3) is 0.217. The molecule has 2 amide bonds. The number of ether oxygens (including phenoxy) is 1. The number of thioether (sulfide) groups is 1. The summed E-state index contributed by atoms with van der Waals surface area (Å²) < 4.78 is 7.24. The number of para-hydroxylation sites is 1. The Morgan fingerprint density at radius 2 is 1.88 bits per heavy atom. The Hall–Kier alpha value is -3.30. The summed E-state index contributed by atoms with van der Waals surface area (Å²) in [5.74, 6) is 0.523. The fourth-order valence-corrected chi connectivity index (χ4v) is 4.63. The molecule has 0 bridgehead atoms. The maximum atomic E-state index is 12.9. The van der Waals surface area contributed by atoms with E-state index in [2.05, 4.69) is 20.8 Å². The van der Waals surface area contributed by atoms with Crippen LogP contribution in [0, 0.1) is 6.92 Å². The summed E-state index contributed by atoms with van der Waals surface area (Å²) in [6.07, 6.45) is 0. The highest BCUT2D eigenvalue weighted by Crippen LogP contribution is 2.31. The second-order valence-electron chi connectivity index (χ2n) is 7.19. The molecule has 1 aromatic heterocycles. The lowest BCUT2D eigenvalue weighted by Crippen LogP contribution is -2.46. The highest BCUT2D eigenvalue weighted by Gasteiger charge is 2.34. The van der Waals surface area contributed by atoms with Crippen LogP contribution in [0.15, 0.2) is 71.0 Å². The van der Waals surface area contributed by atoms with Crippen molar-refractivity contribution in [2.45, 2.75) is 25.0 Å². The molecule has 0 spiro atoms. The molecule has 2 heterocycles. The van der Waals surface area contributed by atoms with Gasteiger partial charge in [0.1, 0.15) is 5.82 Å². The number of hydrogen-bond donors (Lipinski definition) is 2. The minimum Gasteiger partial charge on any atom is -0.463 e. The molecule has 0 aliphatic carbocycles. The normalized spacial score (nSPS) is 15.7. The van der Waals surface area contributed by atoms with E-state index >= 15 is 0 Å². The summed E-state index contributed by atoms with van der Waals surface area (Å²) in [5, 5.41) is 15.3. The van der Waals surface area contributed by atoms with Crippen LogP contribution >= 0.6 is 23.4 Å². The lowest BCUT2D eigenvalue weighted by molar-refractivity contribution is -0.139. The number of carbonyl (C=O) groups excluding carboxylic acids is 2. The molecule has 0 fully saturated rings. The standard InChI is InChI=1S/C23H22ClN5O3S/c1-3-32-21(30)19-18(25-22(31)26-20(19)15-9-11-16(24)12-10-15)13-33-23-28-27-14(2)29(23)17-7-5-4-6-8-17/h4-12,20H,3,13H2,1-2H3,(H2,25,26,31). The summed E-state index contributed by atoms with van der Waals surface area (Å²) in [6, 6.07) is 15.7. The predicted molar refractivity (Wildman–Crippen MR) is 126 cm³/mol. The Kier molecular flexibility index (Phi) is 7.00. The van der Waals surface area contributed by atoms with E-state index in [9.17, 15) is 9.59 Å². The van der Waals surface area contributed by atoms with Crippen LogP contribution < -0.4 is 10.6 Å². The Bertz CT molecular complexity index is 1190. The van der Waals surface area contributed by atoms with E-state index < -0.39 is 18.0 Å². The smallest absolute Gasteiger partial charge is 0.338 e. The predicted octanol–water partition coefficient (Wildman–Crippen LogP) is 4.19. The van der Waals surface area contributed by atoms with Crippen LogP contribution in [0.2, 0.25) is 5.02 Å². The van der Waals surface area contributed by atoms with Crippen molar-refractivity contribution in [2.24, 2.45) is 0 Å². The molecule has 33 heavy (non-hydrogen) atoms. The van der Waals surface area contributed by atoms with Crippen LogP contribution in [0.5, 0.6) is 0 Å². The average molecular weight is 484 g/mol. The third-order valence-corrected chi connectivity index (χ3v) is 6.21. The minimum atomic E-state index is -0.667. The third-order valence-electron chi connectivity index (χ3n) is 5.01.